The maximum absolute atomic E-state index is 13.3. The molecule has 0 aliphatic carbocycles. The number of hydrogen-bond acceptors (Lipinski definition) is 5. The number of rotatable bonds is 3. The van der Waals surface area contributed by atoms with Gasteiger partial charge in [-0.25, -0.2) is 8.78 Å². The predicted molar refractivity (Wildman–Crippen MR) is 89.3 cm³/mol. The largest absolute Gasteiger partial charge is 0.332 e. The van der Waals surface area contributed by atoms with Crippen molar-refractivity contribution in [2.75, 3.05) is 13.1 Å². The third-order valence-electron chi connectivity index (χ3n) is 4.08. The van der Waals surface area contributed by atoms with Gasteiger partial charge in [-0.2, -0.15) is 10.1 Å². The van der Waals surface area contributed by atoms with E-state index in [1.807, 2.05) is 10.9 Å². The highest BCUT2D eigenvalue weighted by Gasteiger charge is 2.19. The number of nitrogens with zero attached hydrogens (tertiary/aromatic N) is 4. The zero-order valence-electron chi connectivity index (χ0n) is 13.2. The lowest BCUT2D eigenvalue weighted by molar-refractivity contribution is 0.346. The molecule has 0 radical (unpaired) electrons. The molecule has 1 atom stereocenters. The van der Waals surface area contributed by atoms with Crippen LogP contribution in [0, 0.1) is 11.6 Å². The van der Waals surface area contributed by atoms with Gasteiger partial charge in [-0.15, -0.1) is 12.4 Å². The van der Waals surface area contributed by atoms with Crippen molar-refractivity contribution >= 4 is 12.4 Å². The van der Waals surface area contributed by atoms with Gasteiger partial charge < -0.3 is 9.84 Å². The van der Waals surface area contributed by atoms with Gasteiger partial charge in [0.05, 0.1) is 6.04 Å². The first-order valence-corrected chi connectivity index (χ1v) is 7.76. The van der Waals surface area contributed by atoms with E-state index < -0.39 is 11.6 Å². The molecule has 1 N–H and O–H groups in total. The SMILES string of the molecule is Cl.Fc1ccc(-c2noc(-c3ccn(C4CCCNC4)n3)n2)cc1F. The maximum atomic E-state index is 13.3. The first-order valence-electron chi connectivity index (χ1n) is 7.76. The first kappa shape index (κ1) is 17.5. The topological polar surface area (TPSA) is 68.8 Å². The highest BCUT2D eigenvalue weighted by molar-refractivity contribution is 5.85. The van der Waals surface area contributed by atoms with Crippen LogP contribution in [0.25, 0.3) is 23.0 Å². The molecule has 4 rings (SSSR count). The summed E-state index contributed by atoms with van der Waals surface area (Å²) in [5, 5.41) is 11.6. The van der Waals surface area contributed by atoms with Gasteiger partial charge in [0.2, 0.25) is 5.82 Å². The van der Waals surface area contributed by atoms with E-state index >= 15 is 0 Å². The zero-order chi connectivity index (χ0) is 16.5. The fourth-order valence-corrected chi connectivity index (χ4v) is 2.79. The van der Waals surface area contributed by atoms with Gasteiger partial charge in [-0.1, -0.05) is 5.16 Å². The molecule has 0 amide bonds. The molecule has 9 heteroatoms. The molecule has 3 aromatic rings. The van der Waals surface area contributed by atoms with Gasteiger partial charge in [0.25, 0.3) is 5.89 Å². The van der Waals surface area contributed by atoms with Gasteiger partial charge in [-0.3, -0.25) is 4.68 Å². The van der Waals surface area contributed by atoms with Gasteiger partial charge in [-0.05, 0) is 43.7 Å². The lowest BCUT2D eigenvalue weighted by Crippen LogP contribution is -2.31. The second-order valence-corrected chi connectivity index (χ2v) is 5.73. The van der Waals surface area contributed by atoms with Crippen molar-refractivity contribution in [3.05, 3.63) is 42.1 Å². The van der Waals surface area contributed by atoms with E-state index in [0.29, 0.717) is 17.3 Å². The van der Waals surface area contributed by atoms with Crippen LogP contribution in [0.3, 0.4) is 0 Å². The Labute approximate surface area is 148 Å². The van der Waals surface area contributed by atoms with E-state index in [0.717, 1.165) is 38.1 Å². The normalized spacial score (nSPS) is 17.3. The molecule has 6 nitrogen and oxygen atoms in total. The molecule has 3 heterocycles. The Morgan fingerprint density at radius 2 is 2.08 bits per heavy atom. The van der Waals surface area contributed by atoms with Gasteiger partial charge in [0, 0.05) is 18.3 Å². The molecule has 2 aromatic heterocycles. The van der Waals surface area contributed by atoms with Crippen LogP contribution in [-0.4, -0.2) is 33.0 Å². The molecule has 1 aliphatic heterocycles. The third kappa shape index (κ3) is 3.54. The van der Waals surface area contributed by atoms with E-state index in [4.69, 9.17) is 4.52 Å². The van der Waals surface area contributed by atoms with Crippen molar-refractivity contribution in [2.24, 2.45) is 0 Å². The van der Waals surface area contributed by atoms with Crippen LogP contribution in [0.1, 0.15) is 18.9 Å². The summed E-state index contributed by atoms with van der Waals surface area (Å²) in [6.45, 7) is 1.91. The summed E-state index contributed by atoms with van der Waals surface area (Å²) < 4.78 is 33.4. The van der Waals surface area contributed by atoms with Crippen molar-refractivity contribution < 1.29 is 13.3 Å². The fourth-order valence-electron chi connectivity index (χ4n) is 2.79. The molecule has 1 fully saturated rings. The molecule has 1 aromatic carbocycles. The second-order valence-electron chi connectivity index (χ2n) is 5.73. The van der Waals surface area contributed by atoms with Gasteiger partial charge in [0.1, 0.15) is 0 Å². The number of aromatic nitrogens is 4. The minimum atomic E-state index is -0.951. The minimum absolute atomic E-state index is 0. The Hall–Kier alpha value is -2.32. The number of nitrogens with one attached hydrogen (secondary N) is 1. The van der Waals surface area contributed by atoms with Crippen molar-refractivity contribution in [2.45, 2.75) is 18.9 Å². The van der Waals surface area contributed by atoms with Crippen LogP contribution in [0.15, 0.2) is 35.0 Å². The van der Waals surface area contributed by atoms with E-state index in [1.165, 1.54) is 6.07 Å². The van der Waals surface area contributed by atoms with E-state index in [2.05, 4.69) is 20.6 Å². The number of halogens is 3. The molecular formula is C16H16ClF2N5O. The molecule has 132 valence electrons. The average Bonchev–Trinajstić information content (AvgIpc) is 3.27. The Kier molecular flexibility index (Phi) is 5.10. The summed E-state index contributed by atoms with van der Waals surface area (Å²) in [7, 11) is 0. The molecule has 0 spiro atoms. The van der Waals surface area contributed by atoms with Crippen LogP contribution in [0.4, 0.5) is 8.78 Å². The van der Waals surface area contributed by atoms with E-state index in [1.54, 1.807) is 6.07 Å². The monoisotopic (exact) mass is 367 g/mol. The maximum Gasteiger partial charge on any atom is 0.278 e. The summed E-state index contributed by atoms with van der Waals surface area (Å²) in [6, 6.07) is 5.58. The second kappa shape index (κ2) is 7.28. The van der Waals surface area contributed by atoms with E-state index in [9.17, 15) is 8.78 Å². The molecule has 0 bridgehead atoms. The quantitative estimate of drug-likeness (QED) is 0.769. The minimum Gasteiger partial charge on any atom is -0.332 e. The molecule has 1 saturated heterocycles. The van der Waals surface area contributed by atoms with Crippen molar-refractivity contribution in [1.82, 2.24) is 25.2 Å². The highest BCUT2D eigenvalue weighted by atomic mass is 35.5. The summed E-state index contributed by atoms with van der Waals surface area (Å²) >= 11 is 0. The van der Waals surface area contributed by atoms with Crippen LogP contribution in [0.5, 0.6) is 0 Å². The number of piperidine rings is 1. The Morgan fingerprint density at radius 1 is 1.20 bits per heavy atom. The fraction of sp³-hybridized carbons (Fsp3) is 0.312. The Bertz CT molecular complexity index is 860. The lowest BCUT2D eigenvalue weighted by Gasteiger charge is -2.22. The van der Waals surface area contributed by atoms with Gasteiger partial charge in [0.15, 0.2) is 17.3 Å². The Balaban J connectivity index is 0.00000182. The summed E-state index contributed by atoms with van der Waals surface area (Å²) in [5.74, 6) is -1.43. The number of benzene rings is 1. The van der Waals surface area contributed by atoms with Crippen LogP contribution >= 0.6 is 12.4 Å². The first-order chi connectivity index (χ1) is 11.7. The summed E-state index contributed by atoms with van der Waals surface area (Å²) in [5.41, 5.74) is 0.904. The molecule has 1 unspecified atom stereocenters. The van der Waals surface area contributed by atoms with Crippen LogP contribution in [-0.2, 0) is 0 Å². The highest BCUT2D eigenvalue weighted by Crippen LogP contribution is 2.24. The Morgan fingerprint density at radius 3 is 2.84 bits per heavy atom. The van der Waals surface area contributed by atoms with Crippen LogP contribution < -0.4 is 5.32 Å². The molecule has 0 saturated carbocycles. The third-order valence-corrected chi connectivity index (χ3v) is 4.08. The number of hydrogen-bond donors (Lipinski definition) is 1. The summed E-state index contributed by atoms with van der Waals surface area (Å²) in [4.78, 5) is 4.22. The summed E-state index contributed by atoms with van der Waals surface area (Å²) in [6.07, 6.45) is 4.06. The van der Waals surface area contributed by atoms with Gasteiger partial charge >= 0.3 is 0 Å². The lowest BCUT2D eigenvalue weighted by atomic mass is 10.1. The zero-order valence-corrected chi connectivity index (χ0v) is 14.0. The molecule has 25 heavy (non-hydrogen) atoms. The van der Waals surface area contributed by atoms with Crippen molar-refractivity contribution in [3.8, 4) is 23.0 Å². The van der Waals surface area contributed by atoms with Crippen molar-refractivity contribution in [1.29, 1.82) is 0 Å². The molecular weight excluding hydrogens is 352 g/mol. The predicted octanol–water partition coefficient (Wildman–Crippen LogP) is 3.22. The van der Waals surface area contributed by atoms with Crippen molar-refractivity contribution in [3.63, 3.8) is 0 Å². The van der Waals surface area contributed by atoms with Crippen LogP contribution in [0.2, 0.25) is 0 Å². The smallest absolute Gasteiger partial charge is 0.278 e. The average molecular weight is 368 g/mol. The standard InChI is InChI=1S/C16H15F2N5O.ClH/c17-12-4-3-10(8-13(12)18)15-20-16(24-22-15)14-5-7-23(21-14)11-2-1-6-19-9-11;/h3-5,7-8,11,19H,1-2,6,9H2;1H. The molecule has 1 aliphatic rings. The van der Waals surface area contributed by atoms with E-state index in [-0.39, 0.29) is 24.1 Å².